The summed E-state index contributed by atoms with van der Waals surface area (Å²) < 4.78 is 0. The fourth-order valence-electron chi connectivity index (χ4n) is 2.96. The lowest BCUT2D eigenvalue weighted by Gasteiger charge is -2.35. The summed E-state index contributed by atoms with van der Waals surface area (Å²) in [6.45, 7) is 4.29. The molecule has 1 heterocycles. The van der Waals surface area contributed by atoms with E-state index in [2.05, 4.69) is 11.9 Å². The van der Waals surface area contributed by atoms with Gasteiger partial charge in [0.2, 0.25) is 11.8 Å². The molecule has 0 aromatic heterocycles. The van der Waals surface area contributed by atoms with Crippen LogP contribution in [0.2, 0.25) is 0 Å². The molecule has 4 nitrogen and oxygen atoms in total. The van der Waals surface area contributed by atoms with Crippen LogP contribution in [0.3, 0.4) is 0 Å². The van der Waals surface area contributed by atoms with Crippen molar-refractivity contribution in [2.75, 3.05) is 16.8 Å². The number of carbonyl (C=O) groups excluding carboxylic acids is 2. The lowest BCUT2D eigenvalue weighted by Crippen LogP contribution is -2.40. The minimum Gasteiger partial charge on any atom is -0.323 e. The summed E-state index contributed by atoms with van der Waals surface area (Å²) in [5, 5.41) is 2.77. The molecule has 1 N–H and O–H groups in total. The van der Waals surface area contributed by atoms with Crippen LogP contribution in [0.4, 0.5) is 11.4 Å². The second-order valence-electron chi connectivity index (χ2n) is 5.84. The zero-order chi connectivity index (χ0) is 14.8. The van der Waals surface area contributed by atoms with E-state index in [1.165, 1.54) is 25.3 Å². The van der Waals surface area contributed by atoms with Crippen molar-refractivity contribution in [1.29, 1.82) is 0 Å². The first-order valence-corrected chi connectivity index (χ1v) is 7.54. The van der Waals surface area contributed by atoms with Gasteiger partial charge in [-0.1, -0.05) is 13.0 Å². The van der Waals surface area contributed by atoms with Gasteiger partial charge in [-0.3, -0.25) is 9.59 Å². The highest BCUT2D eigenvalue weighted by atomic mass is 16.2. The van der Waals surface area contributed by atoms with Crippen molar-refractivity contribution in [3.8, 4) is 0 Å². The molecule has 2 aliphatic rings. The molecule has 1 fully saturated rings. The summed E-state index contributed by atoms with van der Waals surface area (Å²) >= 11 is 0. The van der Waals surface area contributed by atoms with Gasteiger partial charge < -0.3 is 10.2 Å². The minimum atomic E-state index is -0.215. The van der Waals surface area contributed by atoms with Crippen molar-refractivity contribution in [3.05, 3.63) is 36.4 Å². The average molecular weight is 284 g/mol. The van der Waals surface area contributed by atoms with E-state index in [4.69, 9.17) is 0 Å². The summed E-state index contributed by atoms with van der Waals surface area (Å²) in [6, 6.07) is 5.77. The number of nitrogens with one attached hydrogen (secondary N) is 1. The van der Waals surface area contributed by atoms with Gasteiger partial charge >= 0.3 is 0 Å². The van der Waals surface area contributed by atoms with Crippen LogP contribution in [0.15, 0.2) is 30.9 Å². The first-order valence-electron chi connectivity index (χ1n) is 7.54. The van der Waals surface area contributed by atoms with E-state index < -0.39 is 0 Å². The van der Waals surface area contributed by atoms with Gasteiger partial charge in [0.05, 0.1) is 0 Å². The minimum absolute atomic E-state index is 0.215. The highest BCUT2D eigenvalue weighted by molar-refractivity contribution is 6.00. The predicted molar refractivity (Wildman–Crippen MR) is 83.3 cm³/mol. The van der Waals surface area contributed by atoms with Crippen molar-refractivity contribution in [2.24, 2.45) is 5.92 Å². The quantitative estimate of drug-likeness (QED) is 0.864. The summed E-state index contributed by atoms with van der Waals surface area (Å²) in [5.41, 5.74) is 2.90. The van der Waals surface area contributed by atoms with Crippen LogP contribution in [0, 0.1) is 5.92 Å². The normalized spacial score (nSPS) is 17.9. The van der Waals surface area contributed by atoms with E-state index in [9.17, 15) is 9.59 Å². The second-order valence-corrected chi connectivity index (χ2v) is 5.84. The van der Waals surface area contributed by atoms with Crippen molar-refractivity contribution < 1.29 is 9.59 Å². The maximum absolute atomic E-state index is 12.2. The molecule has 0 bridgehead atoms. The Balaban J connectivity index is 1.82. The third-order valence-electron chi connectivity index (χ3n) is 4.40. The van der Waals surface area contributed by atoms with Gasteiger partial charge in [-0.15, -0.1) is 0 Å². The number of carbonyl (C=O) groups is 2. The lowest BCUT2D eigenvalue weighted by molar-refractivity contribution is -0.119. The van der Waals surface area contributed by atoms with Gasteiger partial charge in [0.15, 0.2) is 0 Å². The predicted octanol–water partition coefficient (Wildman–Crippen LogP) is 2.89. The van der Waals surface area contributed by atoms with E-state index in [0.29, 0.717) is 12.3 Å². The molecule has 0 radical (unpaired) electrons. The number of hydrogen-bond acceptors (Lipinski definition) is 2. The average Bonchev–Trinajstić information content (AvgIpc) is 2.44. The van der Waals surface area contributed by atoms with Crippen LogP contribution in [-0.4, -0.2) is 18.4 Å². The zero-order valence-corrected chi connectivity index (χ0v) is 12.1. The van der Waals surface area contributed by atoms with Crippen molar-refractivity contribution >= 4 is 23.2 Å². The van der Waals surface area contributed by atoms with Gasteiger partial charge in [-0.05, 0) is 55.0 Å². The van der Waals surface area contributed by atoms with Gasteiger partial charge in [0.25, 0.3) is 0 Å². The summed E-state index contributed by atoms with van der Waals surface area (Å²) in [6.07, 6.45) is 6.29. The van der Waals surface area contributed by atoms with Gasteiger partial charge in [0.1, 0.15) is 0 Å². The Hall–Kier alpha value is -2.10. The number of anilines is 2. The molecule has 110 valence electrons. The van der Waals surface area contributed by atoms with Gasteiger partial charge in [-0.2, -0.15) is 0 Å². The molecule has 0 atom stereocenters. The highest BCUT2D eigenvalue weighted by Gasteiger charge is 2.28. The molecule has 21 heavy (non-hydrogen) atoms. The molecule has 1 aromatic carbocycles. The van der Waals surface area contributed by atoms with Crippen LogP contribution in [-0.2, 0) is 16.0 Å². The first-order chi connectivity index (χ1) is 10.2. The van der Waals surface area contributed by atoms with Crippen LogP contribution < -0.4 is 10.2 Å². The third kappa shape index (κ3) is 2.84. The Morgan fingerprint density at radius 2 is 2.19 bits per heavy atom. The van der Waals surface area contributed by atoms with E-state index in [1.807, 2.05) is 23.1 Å². The molecule has 1 aliphatic heterocycles. The Morgan fingerprint density at radius 3 is 2.86 bits per heavy atom. The number of rotatable bonds is 4. The van der Waals surface area contributed by atoms with Crippen LogP contribution in [0.5, 0.6) is 0 Å². The van der Waals surface area contributed by atoms with Crippen LogP contribution in [0.1, 0.15) is 31.2 Å². The van der Waals surface area contributed by atoms with Gasteiger partial charge in [-0.25, -0.2) is 0 Å². The van der Waals surface area contributed by atoms with Crippen molar-refractivity contribution in [2.45, 2.75) is 32.1 Å². The number of fused-ring (bicyclic) bond motifs is 1. The molecule has 0 saturated heterocycles. The number of aryl methyl sites for hydroxylation is 1. The highest BCUT2D eigenvalue weighted by Crippen LogP contribution is 2.34. The molecule has 4 heteroatoms. The molecule has 1 aromatic rings. The smallest absolute Gasteiger partial charge is 0.247 e. The number of hydrogen-bond donors (Lipinski definition) is 1. The Labute approximate surface area is 124 Å². The van der Waals surface area contributed by atoms with E-state index >= 15 is 0 Å². The summed E-state index contributed by atoms with van der Waals surface area (Å²) in [5.74, 6) is 0.658. The maximum atomic E-state index is 12.2. The third-order valence-corrected chi connectivity index (χ3v) is 4.40. The maximum Gasteiger partial charge on any atom is 0.247 e. The Morgan fingerprint density at radius 1 is 1.38 bits per heavy atom. The zero-order valence-electron chi connectivity index (χ0n) is 12.1. The molecule has 1 aliphatic carbocycles. The summed E-state index contributed by atoms with van der Waals surface area (Å²) in [4.78, 5) is 25.5. The fourth-order valence-corrected chi connectivity index (χ4v) is 2.96. The number of benzene rings is 1. The van der Waals surface area contributed by atoms with Crippen LogP contribution >= 0.6 is 0 Å². The molecule has 3 rings (SSSR count). The largest absolute Gasteiger partial charge is 0.323 e. The molecule has 0 unspecified atom stereocenters. The van der Waals surface area contributed by atoms with Crippen molar-refractivity contribution in [1.82, 2.24) is 0 Å². The SMILES string of the molecule is C=CC(=O)Nc1ccc2c(c1)CCC(=O)N2CC1CCC1. The van der Waals surface area contributed by atoms with E-state index in [1.54, 1.807) is 0 Å². The number of nitrogens with zero attached hydrogens (tertiary/aromatic N) is 1. The van der Waals surface area contributed by atoms with E-state index in [-0.39, 0.29) is 11.8 Å². The Kier molecular flexibility index (Phi) is 3.78. The monoisotopic (exact) mass is 284 g/mol. The standard InChI is InChI=1S/C17H20N2O2/c1-2-16(20)18-14-7-8-15-13(10-14)6-9-17(21)19(15)11-12-4-3-5-12/h2,7-8,10,12H,1,3-6,9,11H2,(H,18,20). The van der Waals surface area contributed by atoms with Crippen LogP contribution in [0.25, 0.3) is 0 Å². The topological polar surface area (TPSA) is 49.4 Å². The molecule has 1 saturated carbocycles. The summed E-state index contributed by atoms with van der Waals surface area (Å²) in [7, 11) is 0. The first kappa shape index (κ1) is 13.9. The Bertz CT molecular complexity index is 590. The number of amides is 2. The molecule has 2 amide bonds. The molecular formula is C17H20N2O2. The molecular weight excluding hydrogens is 264 g/mol. The van der Waals surface area contributed by atoms with Crippen molar-refractivity contribution in [3.63, 3.8) is 0 Å². The second kappa shape index (κ2) is 5.72. The van der Waals surface area contributed by atoms with E-state index in [0.717, 1.165) is 29.9 Å². The van der Waals surface area contributed by atoms with Gasteiger partial charge in [0, 0.05) is 24.3 Å². The lowest BCUT2D eigenvalue weighted by atomic mass is 9.84. The fraction of sp³-hybridized carbons (Fsp3) is 0.412. The molecule has 0 spiro atoms.